The average Bonchev–Trinajstić information content (AvgIpc) is 2.74. The van der Waals surface area contributed by atoms with Crippen molar-refractivity contribution in [1.29, 1.82) is 0 Å². The summed E-state index contributed by atoms with van der Waals surface area (Å²) in [7, 11) is 1.72. The summed E-state index contributed by atoms with van der Waals surface area (Å²) < 4.78 is 5.59. The Kier molecular flexibility index (Phi) is 5.03. The second-order valence-electron chi connectivity index (χ2n) is 6.27. The van der Waals surface area contributed by atoms with E-state index in [1.165, 1.54) is 5.56 Å². The lowest BCUT2D eigenvalue weighted by molar-refractivity contribution is -0.118. The Labute approximate surface area is 147 Å². The number of benzene rings is 2. The summed E-state index contributed by atoms with van der Waals surface area (Å²) >= 11 is 0. The number of nitrogens with zero attached hydrogens (tertiary/aromatic N) is 1. The van der Waals surface area contributed by atoms with Gasteiger partial charge in [-0.1, -0.05) is 29.8 Å². The summed E-state index contributed by atoms with van der Waals surface area (Å²) in [5.41, 5.74) is 3.69. The van der Waals surface area contributed by atoms with Gasteiger partial charge in [0, 0.05) is 19.2 Å². The molecule has 0 saturated heterocycles. The number of anilines is 2. The van der Waals surface area contributed by atoms with Crippen LogP contribution in [0.3, 0.4) is 0 Å². The molecule has 0 aliphatic carbocycles. The normalized spacial score (nSPS) is 13.7. The van der Waals surface area contributed by atoms with Gasteiger partial charge in [-0.2, -0.15) is 0 Å². The van der Waals surface area contributed by atoms with Crippen LogP contribution in [-0.4, -0.2) is 25.5 Å². The molecular formula is C20H22N2O3. The fourth-order valence-corrected chi connectivity index (χ4v) is 2.77. The molecule has 5 nitrogen and oxygen atoms in total. The van der Waals surface area contributed by atoms with Crippen molar-refractivity contribution in [1.82, 2.24) is 0 Å². The molecule has 1 N–H and O–H groups in total. The molecule has 0 atom stereocenters. The summed E-state index contributed by atoms with van der Waals surface area (Å²) in [5.74, 6) is 0.608. The number of rotatable bonds is 4. The Morgan fingerprint density at radius 2 is 1.96 bits per heavy atom. The lowest BCUT2D eigenvalue weighted by atomic mass is 10.1. The fraction of sp³-hybridized carbons (Fsp3) is 0.300. The minimum absolute atomic E-state index is 0.00148. The molecule has 2 aromatic rings. The minimum atomic E-state index is -0.0518. The molecule has 0 radical (unpaired) electrons. The van der Waals surface area contributed by atoms with E-state index in [9.17, 15) is 9.59 Å². The zero-order valence-electron chi connectivity index (χ0n) is 14.5. The molecule has 1 aliphatic rings. The van der Waals surface area contributed by atoms with E-state index in [2.05, 4.69) is 5.32 Å². The highest BCUT2D eigenvalue weighted by Gasteiger charge is 2.20. The van der Waals surface area contributed by atoms with Gasteiger partial charge < -0.3 is 15.0 Å². The second kappa shape index (κ2) is 7.38. The van der Waals surface area contributed by atoms with Crippen molar-refractivity contribution < 1.29 is 14.3 Å². The van der Waals surface area contributed by atoms with Crippen LogP contribution in [0.1, 0.15) is 24.0 Å². The first-order chi connectivity index (χ1) is 12.0. The number of hydrogen-bond acceptors (Lipinski definition) is 3. The highest BCUT2D eigenvalue weighted by molar-refractivity contribution is 5.97. The van der Waals surface area contributed by atoms with Gasteiger partial charge in [0.15, 0.2) is 0 Å². The number of hydrogen-bond donors (Lipinski definition) is 1. The first-order valence-corrected chi connectivity index (χ1v) is 8.42. The molecule has 5 heteroatoms. The molecular weight excluding hydrogens is 316 g/mol. The lowest BCUT2D eigenvalue weighted by Crippen LogP contribution is -2.25. The van der Waals surface area contributed by atoms with Gasteiger partial charge in [0.05, 0.1) is 18.7 Å². The van der Waals surface area contributed by atoms with Crippen molar-refractivity contribution in [3.8, 4) is 5.75 Å². The largest absolute Gasteiger partial charge is 0.491 e. The molecule has 0 aromatic heterocycles. The zero-order valence-corrected chi connectivity index (χ0v) is 14.5. The molecule has 0 unspecified atom stereocenters. The standard InChI is InChI=1S/C20H22N2O3/c1-14-3-5-15(6-4-14)7-10-19(23)21-16-8-9-18-17(13-16)22(2)20(24)11-12-25-18/h3-6,8-9,13H,7,10-12H2,1-2H3,(H,21,23). The number of carbonyl (C=O) groups excluding carboxylic acids is 2. The van der Waals surface area contributed by atoms with Gasteiger partial charge in [0.25, 0.3) is 0 Å². The van der Waals surface area contributed by atoms with E-state index in [1.807, 2.05) is 31.2 Å². The van der Waals surface area contributed by atoms with Crippen LogP contribution in [0, 0.1) is 6.92 Å². The van der Waals surface area contributed by atoms with Crippen LogP contribution in [0.25, 0.3) is 0 Å². The molecule has 0 saturated carbocycles. The van der Waals surface area contributed by atoms with Crippen molar-refractivity contribution in [2.45, 2.75) is 26.2 Å². The second-order valence-corrected chi connectivity index (χ2v) is 6.27. The molecule has 2 amide bonds. The molecule has 1 heterocycles. The first-order valence-electron chi connectivity index (χ1n) is 8.42. The van der Waals surface area contributed by atoms with Crippen molar-refractivity contribution in [3.05, 3.63) is 53.6 Å². The maximum Gasteiger partial charge on any atom is 0.230 e. The van der Waals surface area contributed by atoms with Gasteiger partial charge in [-0.15, -0.1) is 0 Å². The van der Waals surface area contributed by atoms with Gasteiger partial charge >= 0.3 is 0 Å². The number of nitrogens with one attached hydrogen (secondary N) is 1. The molecule has 3 rings (SSSR count). The third-order valence-electron chi connectivity index (χ3n) is 4.31. The maximum atomic E-state index is 12.2. The highest BCUT2D eigenvalue weighted by atomic mass is 16.5. The molecule has 130 valence electrons. The van der Waals surface area contributed by atoms with Crippen LogP contribution < -0.4 is 15.0 Å². The Hall–Kier alpha value is -2.82. The predicted molar refractivity (Wildman–Crippen MR) is 98.1 cm³/mol. The summed E-state index contributed by atoms with van der Waals surface area (Å²) in [6.45, 7) is 2.42. The van der Waals surface area contributed by atoms with E-state index in [-0.39, 0.29) is 11.8 Å². The zero-order chi connectivity index (χ0) is 17.8. The molecule has 25 heavy (non-hydrogen) atoms. The Morgan fingerprint density at radius 1 is 1.20 bits per heavy atom. The van der Waals surface area contributed by atoms with Crippen LogP contribution in [0.5, 0.6) is 5.75 Å². The number of fused-ring (bicyclic) bond motifs is 1. The van der Waals surface area contributed by atoms with Crippen LogP contribution in [0.15, 0.2) is 42.5 Å². The van der Waals surface area contributed by atoms with Gasteiger partial charge in [0.1, 0.15) is 5.75 Å². The number of amides is 2. The predicted octanol–water partition coefficient (Wildman–Crippen LogP) is 3.31. The van der Waals surface area contributed by atoms with Gasteiger partial charge in [0.2, 0.25) is 11.8 Å². The van der Waals surface area contributed by atoms with Crippen molar-refractivity contribution in [3.63, 3.8) is 0 Å². The van der Waals surface area contributed by atoms with E-state index in [0.717, 1.165) is 5.56 Å². The van der Waals surface area contributed by atoms with Crippen molar-refractivity contribution in [2.75, 3.05) is 23.9 Å². The molecule has 1 aliphatic heterocycles. The quantitative estimate of drug-likeness (QED) is 0.930. The van der Waals surface area contributed by atoms with Gasteiger partial charge in [-0.25, -0.2) is 0 Å². The number of aryl methyl sites for hydroxylation is 2. The summed E-state index contributed by atoms with van der Waals surface area (Å²) in [5, 5.41) is 2.90. The van der Waals surface area contributed by atoms with E-state index in [4.69, 9.17) is 4.74 Å². The maximum absolute atomic E-state index is 12.2. The summed E-state index contributed by atoms with van der Waals surface area (Å²) in [4.78, 5) is 25.7. The van der Waals surface area contributed by atoms with Crippen molar-refractivity contribution in [2.24, 2.45) is 0 Å². The molecule has 2 aromatic carbocycles. The van der Waals surface area contributed by atoms with Crippen molar-refractivity contribution >= 4 is 23.2 Å². The third-order valence-corrected chi connectivity index (χ3v) is 4.31. The summed E-state index contributed by atoms with van der Waals surface area (Å²) in [6.07, 6.45) is 1.45. The van der Waals surface area contributed by atoms with Crippen LogP contribution in [-0.2, 0) is 16.0 Å². The smallest absolute Gasteiger partial charge is 0.230 e. The average molecular weight is 338 g/mol. The third kappa shape index (κ3) is 4.18. The SMILES string of the molecule is Cc1ccc(CCC(=O)Nc2ccc3c(c2)N(C)C(=O)CCO3)cc1. The number of carbonyl (C=O) groups is 2. The molecule has 0 spiro atoms. The number of ether oxygens (including phenoxy) is 1. The van der Waals surface area contributed by atoms with Crippen LogP contribution in [0.4, 0.5) is 11.4 Å². The fourth-order valence-electron chi connectivity index (χ4n) is 2.77. The topological polar surface area (TPSA) is 58.6 Å². The summed E-state index contributed by atoms with van der Waals surface area (Å²) in [6, 6.07) is 13.6. The minimum Gasteiger partial charge on any atom is -0.491 e. The lowest BCUT2D eigenvalue weighted by Gasteiger charge is -2.17. The van der Waals surface area contributed by atoms with Crippen LogP contribution >= 0.6 is 0 Å². The first kappa shape index (κ1) is 17.0. The Bertz CT molecular complexity index is 784. The molecule has 0 fully saturated rings. The Balaban J connectivity index is 1.64. The monoisotopic (exact) mass is 338 g/mol. The van der Waals surface area contributed by atoms with E-state index in [0.29, 0.717) is 43.0 Å². The van der Waals surface area contributed by atoms with E-state index in [1.54, 1.807) is 30.1 Å². The van der Waals surface area contributed by atoms with E-state index >= 15 is 0 Å². The Morgan fingerprint density at radius 3 is 2.72 bits per heavy atom. The van der Waals surface area contributed by atoms with E-state index < -0.39 is 0 Å². The van der Waals surface area contributed by atoms with Gasteiger partial charge in [-0.05, 0) is 37.1 Å². The van der Waals surface area contributed by atoms with Crippen LogP contribution in [0.2, 0.25) is 0 Å². The van der Waals surface area contributed by atoms with Gasteiger partial charge in [-0.3, -0.25) is 9.59 Å². The highest BCUT2D eigenvalue weighted by Crippen LogP contribution is 2.33. The molecule has 0 bridgehead atoms.